The number of hydrogen-bond donors (Lipinski definition) is 1. The molecular weight excluding hydrogens is 284 g/mol. The van der Waals surface area contributed by atoms with Crippen LogP contribution < -0.4 is 10.1 Å². The molecule has 2 aromatic rings. The lowest BCUT2D eigenvalue weighted by Crippen LogP contribution is -2.42. The highest BCUT2D eigenvalue weighted by Gasteiger charge is 2.18. The molecule has 4 nitrogen and oxygen atoms in total. The maximum atomic E-state index is 12.1. The molecule has 0 fully saturated rings. The Labute approximate surface area is 129 Å². The molecule has 0 aliphatic heterocycles. The molecule has 1 heterocycles. The summed E-state index contributed by atoms with van der Waals surface area (Å²) in [4.78, 5) is 16.3. The van der Waals surface area contributed by atoms with Gasteiger partial charge in [-0.1, -0.05) is 6.92 Å². The Morgan fingerprint density at radius 1 is 1.33 bits per heavy atom. The van der Waals surface area contributed by atoms with Crippen molar-refractivity contribution >= 4 is 17.2 Å². The molecule has 0 radical (unpaired) electrons. The number of thiazole rings is 1. The van der Waals surface area contributed by atoms with Crippen molar-refractivity contribution in [2.45, 2.75) is 39.3 Å². The second kappa shape index (κ2) is 6.72. The van der Waals surface area contributed by atoms with Crippen molar-refractivity contribution in [3.8, 4) is 5.75 Å². The lowest BCUT2D eigenvalue weighted by molar-refractivity contribution is 0.0911. The van der Waals surface area contributed by atoms with Gasteiger partial charge in [0, 0.05) is 16.5 Å². The third-order valence-electron chi connectivity index (χ3n) is 3.32. The molecule has 0 saturated heterocycles. The number of rotatable bonds is 6. The van der Waals surface area contributed by atoms with Crippen LogP contribution in [-0.4, -0.2) is 16.4 Å². The van der Waals surface area contributed by atoms with Gasteiger partial charge in [0.15, 0.2) is 0 Å². The molecule has 0 spiro atoms. The van der Waals surface area contributed by atoms with Crippen molar-refractivity contribution in [3.63, 3.8) is 0 Å². The number of nitrogens with zero attached hydrogens (tertiary/aromatic N) is 1. The summed E-state index contributed by atoms with van der Waals surface area (Å²) in [6.07, 6.45) is 0.883. The Kier molecular flexibility index (Phi) is 4.96. The first-order valence-corrected chi connectivity index (χ1v) is 7.87. The number of hydrogen-bond acceptors (Lipinski definition) is 4. The summed E-state index contributed by atoms with van der Waals surface area (Å²) in [5.41, 5.74) is 3.13. The Morgan fingerprint density at radius 3 is 2.62 bits per heavy atom. The molecule has 0 aliphatic rings. The van der Waals surface area contributed by atoms with Crippen LogP contribution in [0.2, 0.25) is 0 Å². The SMILES string of the molecule is CCC(C)(C)NC(=O)c1ccc(OCc2cscn2)cc1. The molecule has 0 aliphatic carbocycles. The second-order valence-corrected chi connectivity index (χ2v) is 6.20. The summed E-state index contributed by atoms with van der Waals surface area (Å²) in [5.74, 6) is 0.669. The van der Waals surface area contributed by atoms with E-state index in [0.717, 1.165) is 17.9 Å². The van der Waals surface area contributed by atoms with Crippen molar-refractivity contribution in [1.29, 1.82) is 0 Å². The third-order valence-corrected chi connectivity index (χ3v) is 3.96. The Bertz CT molecular complexity index is 577. The van der Waals surface area contributed by atoms with Gasteiger partial charge < -0.3 is 10.1 Å². The van der Waals surface area contributed by atoms with E-state index in [1.807, 2.05) is 19.2 Å². The zero-order valence-electron chi connectivity index (χ0n) is 12.6. The smallest absolute Gasteiger partial charge is 0.251 e. The minimum absolute atomic E-state index is 0.0621. The van der Waals surface area contributed by atoms with Gasteiger partial charge in [-0.15, -0.1) is 11.3 Å². The quantitative estimate of drug-likeness (QED) is 0.886. The van der Waals surface area contributed by atoms with Crippen molar-refractivity contribution in [2.24, 2.45) is 0 Å². The van der Waals surface area contributed by atoms with Crippen molar-refractivity contribution in [2.75, 3.05) is 0 Å². The summed E-state index contributed by atoms with van der Waals surface area (Å²) in [5, 5.41) is 4.96. The summed E-state index contributed by atoms with van der Waals surface area (Å²) in [6.45, 7) is 6.51. The van der Waals surface area contributed by atoms with Gasteiger partial charge in [0.25, 0.3) is 5.91 Å². The highest BCUT2D eigenvalue weighted by molar-refractivity contribution is 7.07. The number of carbonyl (C=O) groups is 1. The van der Waals surface area contributed by atoms with Gasteiger partial charge in [-0.2, -0.15) is 0 Å². The Balaban J connectivity index is 1.93. The molecule has 0 saturated carbocycles. The van der Waals surface area contributed by atoms with Crippen LogP contribution in [0.4, 0.5) is 0 Å². The minimum Gasteiger partial charge on any atom is -0.487 e. The first-order chi connectivity index (χ1) is 10.00. The van der Waals surface area contributed by atoms with Gasteiger partial charge >= 0.3 is 0 Å². The van der Waals surface area contributed by atoms with E-state index >= 15 is 0 Å². The fourth-order valence-electron chi connectivity index (χ4n) is 1.64. The van der Waals surface area contributed by atoms with E-state index in [1.54, 1.807) is 41.1 Å². The number of benzene rings is 1. The second-order valence-electron chi connectivity index (χ2n) is 5.48. The van der Waals surface area contributed by atoms with Crippen LogP contribution in [0.25, 0.3) is 0 Å². The Hall–Kier alpha value is -1.88. The summed E-state index contributed by atoms with van der Waals surface area (Å²) in [6, 6.07) is 7.16. The number of ether oxygens (including phenoxy) is 1. The van der Waals surface area contributed by atoms with E-state index in [9.17, 15) is 4.79 Å². The minimum atomic E-state index is -0.198. The van der Waals surface area contributed by atoms with Crippen LogP contribution in [0.5, 0.6) is 5.75 Å². The molecule has 1 N–H and O–H groups in total. The molecule has 2 rings (SSSR count). The van der Waals surface area contributed by atoms with Gasteiger partial charge in [-0.3, -0.25) is 4.79 Å². The fraction of sp³-hybridized carbons (Fsp3) is 0.375. The molecule has 1 aromatic carbocycles. The number of nitrogens with one attached hydrogen (secondary N) is 1. The molecule has 0 atom stereocenters. The highest BCUT2D eigenvalue weighted by Crippen LogP contribution is 2.15. The molecule has 112 valence electrons. The van der Waals surface area contributed by atoms with E-state index in [0.29, 0.717) is 12.2 Å². The molecule has 0 unspecified atom stereocenters. The fourth-order valence-corrected chi connectivity index (χ4v) is 2.18. The number of aromatic nitrogens is 1. The molecule has 0 bridgehead atoms. The van der Waals surface area contributed by atoms with Gasteiger partial charge in [0.05, 0.1) is 11.2 Å². The summed E-state index contributed by atoms with van der Waals surface area (Å²) >= 11 is 1.54. The highest BCUT2D eigenvalue weighted by atomic mass is 32.1. The molecular formula is C16H20N2O2S. The largest absolute Gasteiger partial charge is 0.487 e. The maximum Gasteiger partial charge on any atom is 0.251 e. The van der Waals surface area contributed by atoms with Crippen LogP contribution in [0.1, 0.15) is 43.2 Å². The van der Waals surface area contributed by atoms with Crippen molar-refractivity contribution in [1.82, 2.24) is 10.3 Å². The average molecular weight is 304 g/mol. The number of carbonyl (C=O) groups excluding carboxylic acids is 1. The Morgan fingerprint density at radius 2 is 2.05 bits per heavy atom. The van der Waals surface area contributed by atoms with Gasteiger partial charge in [0.1, 0.15) is 12.4 Å². The van der Waals surface area contributed by atoms with Crippen LogP contribution in [0.15, 0.2) is 35.2 Å². The summed E-state index contributed by atoms with van der Waals surface area (Å²) < 4.78 is 5.62. The molecule has 21 heavy (non-hydrogen) atoms. The van der Waals surface area contributed by atoms with Crippen LogP contribution in [0.3, 0.4) is 0 Å². The normalized spacial score (nSPS) is 11.2. The lowest BCUT2D eigenvalue weighted by Gasteiger charge is -2.24. The molecule has 1 amide bonds. The zero-order chi connectivity index (χ0) is 15.3. The van der Waals surface area contributed by atoms with Crippen molar-refractivity contribution in [3.05, 3.63) is 46.4 Å². The first kappa shape index (κ1) is 15.5. The van der Waals surface area contributed by atoms with E-state index in [1.165, 1.54) is 0 Å². The monoisotopic (exact) mass is 304 g/mol. The maximum absolute atomic E-state index is 12.1. The summed E-state index contributed by atoms with van der Waals surface area (Å²) in [7, 11) is 0. The lowest BCUT2D eigenvalue weighted by atomic mass is 10.0. The van der Waals surface area contributed by atoms with Gasteiger partial charge in [-0.25, -0.2) is 4.98 Å². The number of amides is 1. The standard InChI is InChI=1S/C16H20N2O2S/c1-4-16(2,3)18-15(19)12-5-7-14(8-6-12)20-9-13-10-21-11-17-13/h5-8,10-11H,4,9H2,1-3H3,(H,18,19). The average Bonchev–Trinajstić information content (AvgIpc) is 2.98. The third kappa shape index (κ3) is 4.56. The molecule has 5 heteroatoms. The zero-order valence-corrected chi connectivity index (χ0v) is 13.4. The van der Waals surface area contributed by atoms with Crippen LogP contribution in [0, 0.1) is 0 Å². The topological polar surface area (TPSA) is 51.2 Å². The van der Waals surface area contributed by atoms with E-state index < -0.39 is 0 Å². The van der Waals surface area contributed by atoms with E-state index in [2.05, 4.69) is 17.2 Å². The van der Waals surface area contributed by atoms with Gasteiger partial charge in [-0.05, 0) is 44.5 Å². The van der Waals surface area contributed by atoms with Crippen molar-refractivity contribution < 1.29 is 9.53 Å². The van der Waals surface area contributed by atoms with E-state index in [-0.39, 0.29) is 11.4 Å². The predicted octanol–water partition coefficient (Wildman–Crippen LogP) is 3.64. The van der Waals surface area contributed by atoms with Crippen LogP contribution in [-0.2, 0) is 6.61 Å². The van der Waals surface area contributed by atoms with E-state index in [4.69, 9.17) is 4.74 Å². The first-order valence-electron chi connectivity index (χ1n) is 6.92. The van der Waals surface area contributed by atoms with Crippen LogP contribution >= 0.6 is 11.3 Å². The van der Waals surface area contributed by atoms with Gasteiger partial charge in [0.2, 0.25) is 0 Å². The molecule has 1 aromatic heterocycles. The predicted molar refractivity (Wildman–Crippen MR) is 84.7 cm³/mol.